The van der Waals surface area contributed by atoms with Crippen LogP contribution >= 0.6 is 0 Å². The minimum atomic E-state index is -1.06. The number of rotatable bonds is 2. The van der Waals surface area contributed by atoms with Crippen LogP contribution in [-0.2, 0) is 11.3 Å². The molecule has 0 aliphatic rings. The van der Waals surface area contributed by atoms with Crippen molar-refractivity contribution < 1.29 is 14.3 Å². The number of fused-ring (bicyclic) bond motifs is 1. The Morgan fingerprint density at radius 3 is 2.75 bits per heavy atom. The van der Waals surface area contributed by atoms with Crippen molar-refractivity contribution in [2.45, 2.75) is 20.4 Å². The molecule has 84 valence electrons. The van der Waals surface area contributed by atoms with E-state index in [1.54, 1.807) is 6.07 Å². The normalized spacial score (nSPS) is 10.9. The van der Waals surface area contributed by atoms with Gasteiger partial charge in [-0.15, -0.1) is 0 Å². The monoisotopic (exact) mass is 221 g/mol. The fraction of sp³-hybridized carbons (Fsp3) is 0.273. The molecular formula is C11H11NO4. The number of benzene rings is 1. The molecule has 1 aromatic heterocycles. The van der Waals surface area contributed by atoms with Crippen molar-refractivity contribution in [3.63, 3.8) is 0 Å². The van der Waals surface area contributed by atoms with E-state index in [9.17, 15) is 9.59 Å². The van der Waals surface area contributed by atoms with Gasteiger partial charge in [0.2, 0.25) is 0 Å². The minimum absolute atomic E-state index is 0.379. The molecule has 2 rings (SSSR count). The second-order valence-corrected chi connectivity index (χ2v) is 3.70. The zero-order valence-corrected chi connectivity index (χ0v) is 8.98. The first-order valence-corrected chi connectivity index (χ1v) is 4.82. The molecule has 0 saturated heterocycles. The van der Waals surface area contributed by atoms with Gasteiger partial charge in [0.15, 0.2) is 5.58 Å². The highest BCUT2D eigenvalue weighted by molar-refractivity contribution is 5.80. The lowest BCUT2D eigenvalue weighted by Crippen LogP contribution is -2.19. The molecule has 0 aliphatic heterocycles. The van der Waals surface area contributed by atoms with Gasteiger partial charge in [-0.2, -0.15) is 0 Å². The Balaban J connectivity index is 2.81. The zero-order chi connectivity index (χ0) is 11.9. The van der Waals surface area contributed by atoms with Gasteiger partial charge in [0.25, 0.3) is 0 Å². The molecule has 5 heteroatoms. The van der Waals surface area contributed by atoms with Gasteiger partial charge in [-0.1, -0.05) is 6.07 Å². The number of oxazole rings is 1. The van der Waals surface area contributed by atoms with Gasteiger partial charge < -0.3 is 9.52 Å². The summed E-state index contributed by atoms with van der Waals surface area (Å²) in [6.45, 7) is 3.36. The molecule has 1 heterocycles. The van der Waals surface area contributed by atoms with E-state index in [1.807, 2.05) is 19.9 Å². The van der Waals surface area contributed by atoms with Crippen LogP contribution in [0, 0.1) is 13.8 Å². The van der Waals surface area contributed by atoms with E-state index in [-0.39, 0.29) is 6.54 Å². The highest BCUT2D eigenvalue weighted by Crippen LogP contribution is 2.20. The highest BCUT2D eigenvalue weighted by atomic mass is 16.4. The molecule has 0 amide bonds. The van der Waals surface area contributed by atoms with Crippen LogP contribution in [0.15, 0.2) is 21.3 Å². The second-order valence-electron chi connectivity index (χ2n) is 3.70. The molecule has 0 aliphatic carbocycles. The second kappa shape index (κ2) is 3.52. The molecule has 0 spiro atoms. The number of carboxylic acid groups (broad SMARTS) is 1. The predicted molar refractivity (Wildman–Crippen MR) is 57.6 cm³/mol. The van der Waals surface area contributed by atoms with Gasteiger partial charge in [0.1, 0.15) is 6.54 Å². The number of hydrogen-bond donors (Lipinski definition) is 1. The van der Waals surface area contributed by atoms with Crippen LogP contribution < -0.4 is 5.76 Å². The Kier molecular flexibility index (Phi) is 2.30. The van der Waals surface area contributed by atoms with E-state index in [0.717, 1.165) is 15.7 Å². The lowest BCUT2D eigenvalue weighted by Gasteiger charge is -2.03. The summed E-state index contributed by atoms with van der Waals surface area (Å²) >= 11 is 0. The van der Waals surface area contributed by atoms with Crippen LogP contribution in [0.4, 0.5) is 0 Å². The minimum Gasteiger partial charge on any atom is -0.480 e. The molecule has 0 unspecified atom stereocenters. The van der Waals surface area contributed by atoms with Crippen LogP contribution in [0.5, 0.6) is 0 Å². The van der Waals surface area contributed by atoms with Crippen LogP contribution in [0.2, 0.25) is 0 Å². The Morgan fingerprint density at radius 1 is 1.44 bits per heavy atom. The van der Waals surface area contributed by atoms with E-state index in [4.69, 9.17) is 9.52 Å². The summed E-state index contributed by atoms with van der Waals surface area (Å²) in [7, 11) is 0. The van der Waals surface area contributed by atoms with E-state index in [0.29, 0.717) is 11.1 Å². The van der Waals surface area contributed by atoms with Crippen molar-refractivity contribution in [3.8, 4) is 0 Å². The lowest BCUT2D eigenvalue weighted by molar-refractivity contribution is -0.137. The summed E-state index contributed by atoms with van der Waals surface area (Å²) in [6.07, 6.45) is 0. The van der Waals surface area contributed by atoms with Crippen molar-refractivity contribution in [1.82, 2.24) is 4.57 Å². The van der Waals surface area contributed by atoms with Crippen molar-refractivity contribution in [2.24, 2.45) is 0 Å². The molecule has 16 heavy (non-hydrogen) atoms. The van der Waals surface area contributed by atoms with Crippen LogP contribution in [-0.4, -0.2) is 15.6 Å². The molecule has 0 fully saturated rings. The Hall–Kier alpha value is -2.04. The highest BCUT2D eigenvalue weighted by Gasteiger charge is 2.14. The van der Waals surface area contributed by atoms with Gasteiger partial charge in [0, 0.05) is 0 Å². The summed E-state index contributed by atoms with van der Waals surface area (Å²) in [5.74, 6) is -1.70. The maximum atomic E-state index is 11.5. The average Bonchev–Trinajstić information content (AvgIpc) is 2.50. The Morgan fingerprint density at radius 2 is 2.12 bits per heavy atom. The van der Waals surface area contributed by atoms with Gasteiger partial charge >= 0.3 is 11.7 Å². The molecule has 5 nitrogen and oxygen atoms in total. The van der Waals surface area contributed by atoms with E-state index < -0.39 is 11.7 Å². The SMILES string of the molecule is Cc1ccc2oc(=O)n(CC(=O)O)c2c1C. The molecule has 0 bridgehead atoms. The first-order valence-electron chi connectivity index (χ1n) is 4.82. The number of hydrogen-bond acceptors (Lipinski definition) is 3. The van der Waals surface area contributed by atoms with E-state index in [1.165, 1.54) is 0 Å². The maximum Gasteiger partial charge on any atom is 0.420 e. The molecule has 1 aromatic carbocycles. The molecule has 1 N–H and O–H groups in total. The molecule has 2 aromatic rings. The molecular weight excluding hydrogens is 210 g/mol. The van der Waals surface area contributed by atoms with Crippen molar-refractivity contribution in [2.75, 3.05) is 0 Å². The molecule has 0 saturated carbocycles. The van der Waals surface area contributed by atoms with Gasteiger partial charge in [-0.3, -0.25) is 9.36 Å². The third-order valence-corrected chi connectivity index (χ3v) is 2.65. The number of carbonyl (C=O) groups is 1. The standard InChI is InChI=1S/C11H11NO4/c1-6-3-4-8-10(7(6)2)12(5-9(13)14)11(15)16-8/h3-4H,5H2,1-2H3,(H,13,14). The van der Waals surface area contributed by atoms with Gasteiger partial charge in [0.05, 0.1) is 5.52 Å². The number of aryl methyl sites for hydroxylation is 2. The Bertz CT molecular complexity index is 621. The zero-order valence-electron chi connectivity index (χ0n) is 8.98. The van der Waals surface area contributed by atoms with Crippen LogP contribution in [0.25, 0.3) is 11.1 Å². The number of carboxylic acids is 1. The summed E-state index contributed by atoms with van der Waals surface area (Å²) < 4.78 is 6.12. The fourth-order valence-corrected chi connectivity index (χ4v) is 1.71. The van der Waals surface area contributed by atoms with Gasteiger partial charge in [-0.25, -0.2) is 4.79 Å². The third kappa shape index (κ3) is 1.50. The lowest BCUT2D eigenvalue weighted by atomic mass is 10.1. The van der Waals surface area contributed by atoms with Crippen LogP contribution in [0.3, 0.4) is 0 Å². The van der Waals surface area contributed by atoms with Gasteiger partial charge in [-0.05, 0) is 31.0 Å². The summed E-state index contributed by atoms with van der Waals surface area (Å²) in [5, 5.41) is 8.73. The summed E-state index contributed by atoms with van der Waals surface area (Å²) in [6, 6.07) is 3.52. The predicted octanol–water partition coefficient (Wildman–Crippen LogP) is 1.30. The Labute approximate surface area is 90.9 Å². The number of nitrogens with zero attached hydrogens (tertiary/aromatic N) is 1. The first kappa shape index (κ1) is 10.5. The third-order valence-electron chi connectivity index (χ3n) is 2.65. The number of aromatic nitrogens is 1. The van der Waals surface area contributed by atoms with Crippen molar-refractivity contribution in [1.29, 1.82) is 0 Å². The van der Waals surface area contributed by atoms with E-state index in [2.05, 4.69) is 0 Å². The number of aliphatic carboxylic acids is 1. The van der Waals surface area contributed by atoms with Crippen molar-refractivity contribution in [3.05, 3.63) is 33.8 Å². The topological polar surface area (TPSA) is 72.4 Å². The maximum absolute atomic E-state index is 11.5. The van der Waals surface area contributed by atoms with E-state index >= 15 is 0 Å². The summed E-state index contributed by atoms with van der Waals surface area (Å²) in [4.78, 5) is 22.1. The smallest absolute Gasteiger partial charge is 0.420 e. The summed E-state index contributed by atoms with van der Waals surface area (Å²) in [5.41, 5.74) is 2.85. The first-order chi connectivity index (χ1) is 7.50. The average molecular weight is 221 g/mol. The molecule has 0 radical (unpaired) electrons. The largest absolute Gasteiger partial charge is 0.480 e. The van der Waals surface area contributed by atoms with Crippen molar-refractivity contribution >= 4 is 17.1 Å². The quantitative estimate of drug-likeness (QED) is 0.829. The van der Waals surface area contributed by atoms with Crippen LogP contribution in [0.1, 0.15) is 11.1 Å². The fourth-order valence-electron chi connectivity index (χ4n) is 1.71. The molecule has 0 atom stereocenters.